The zero-order valence-electron chi connectivity index (χ0n) is 28.3. The molecular formula is C34H45NO13. The molecule has 264 valence electrons. The SMILES string of the molecule is CC(=O)O[C@H]1[C@@H]2[C@H]([C@H](C)[C@H]3O[C@]34OC(=O)[C@@](C)(O)[C@]24C)[C@]2(C)[C@@H]1C1C(=O)[C@@H](N)[C@H]3C[C@@H]4O[C@@H]4[C@H](O)[C@]3(C)C1[C@H](OC(C)=O)[C@@H]2OC(C)=O. The van der Waals surface area contributed by atoms with E-state index in [0.717, 1.165) is 0 Å². The molecule has 0 aromatic carbocycles. The van der Waals surface area contributed by atoms with Crippen LogP contribution in [-0.4, -0.2) is 100 Å². The van der Waals surface area contributed by atoms with Gasteiger partial charge >= 0.3 is 23.9 Å². The molecule has 2 unspecified atom stereocenters. The first-order chi connectivity index (χ1) is 22.2. The Bertz CT molecular complexity index is 1550. The molecule has 5 saturated carbocycles. The molecule has 0 radical (unpaired) electrons. The maximum Gasteiger partial charge on any atom is 0.341 e. The van der Waals surface area contributed by atoms with Crippen LogP contribution in [0.1, 0.15) is 61.8 Å². The Morgan fingerprint density at radius 3 is 2.06 bits per heavy atom. The van der Waals surface area contributed by atoms with Gasteiger partial charge in [0.2, 0.25) is 5.79 Å². The highest BCUT2D eigenvalue weighted by Gasteiger charge is 2.93. The van der Waals surface area contributed by atoms with Crippen molar-refractivity contribution in [1.29, 1.82) is 0 Å². The summed E-state index contributed by atoms with van der Waals surface area (Å²) in [5.74, 6) is -10.2. The van der Waals surface area contributed by atoms with Crippen molar-refractivity contribution in [2.75, 3.05) is 0 Å². The average molecular weight is 676 g/mol. The second kappa shape index (κ2) is 9.36. The molecule has 0 amide bonds. The van der Waals surface area contributed by atoms with Crippen LogP contribution < -0.4 is 5.73 Å². The molecule has 5 aliphatic carbocycles. The molecule has 0 aromatic heterocycles. The van der Waals surface area contributed by atoms with E-state index in [1.54, 1.807) is 6.92 Å². The van der Waals surface area contributed by atoms with Crippen LogP contribution in [0.4, 0.5) is 0 Å². The highest BCUT2D eigenvalue weighted by Crippen LogP contribution is 2.81. The van der Waals surface area contributed by atoms with E-state index >= 15 is 0 Å². The summed E-state index contributed by atoms with van der Waals surface area (Å²) < 4.78 is 36.5. The lowest BCUT2D eigenvalue weighted by Gasteiger charge is -2.65. The van der Waals surface area contributed by atoms with Gasteiger partial charge < -0.3 is 44.4 Å². The summed E-state index contributed by atoms with van der Waals surface area (Å²) in [6, 6.07) is -1.04. The highest BCUT2D eigenvalue weighted by atomic mass is 16.8. The lowest BCUT2D eigenvalue weighted by atomic mass is 9.40. The van der Waals surface area contributed by atoms with Crippen molar-refractivity contribution in [2.45, 2.75) is 122 Å². The molecule has 20 atom stereocenters. The van der Waals surface area contributed by atoms with Crippen molar-refractivity contribution < 1.29 is 62.6 Å². The zero-order valence-corrected chi connectivity index (χ0v) is 28.3. The number of carbonyl (C=O) groups excluding carboxylic acids is 5. The summed E-state index contributed by atoms with van der Waals surface area (Å²) >= 11 is 0. The normalized spacial score (nSPS) is 59.6. The minimum Gasteiger partial charge on any atom is -0.462 e. The molecule has 3 saturated heterocycles. The summed E-state index contributed by atoms with van der Waals surface area (Å²) in [6.45, 7) is 12.3. The van der Waals surface area contributed by atoms with Gasteiger partial charge in [-0.1, -0.05) is 20.8 Å². The molecule has 14 nitrogen and oxygen atoms in total. The summed E-state index contributed by atoms with van der Waals surface area (Å²) in [4.78, 5) is 67.4. The van der Waals surface area contributed by atoms with Crippen LogP contribution in [0.25, 0.3) is 0 Å². The molecule has 8 fully saturated rings. The van der Waals surface area contributed by atoms with E-state index in [1.165, 1.54) is 27.7 Å². The quantitative estimate of drug-likeness (QED) is 0.204. The lowest BCUT2D eigenvalue weighted by Crippen LogP contribution is -2.75. The number of hydrogen-bond acceptors (Lipinski definition) is 14. The van der Waals surface area contributed by atoms with E-state index in [2.05, 4.69) is 0 Å². The van der Waals surface area contributed by atoms with Crippen LogP contribution in [0, 0.1) is 57.7 Å². The fraction of sp³-hybridized carbons (Fsp3) is 0.853. The highest BCUT2D eigenvalue weighted by molar-refractivity contribution is 5.89. The van der Waals surface area contributed by atoms with Gasteiger partial charge in [-0.05, 0) is 38.0 Å². The number of epoxide rings is 2. The predicted octanol–water partition coefficient (Wildman–Crippen LogP) is 0.0194. The Kier molecular flexibility index (Phi) is 6.35. The first kappa shape index (κ1) is 32.5. The number of aliphatic hydroxyl groups excluding tert-OH is 1. The van der Waals surface area contributed by atoms with Crippen LogP contribution in [0.2, 0.25) is 0 Å². The van der Waals surface area contributed by atoms with Gasteiger partial charge in [-0.25, -0.2) is 4.79 Å². The third-order valence-corrected chi connectivity index (χ3v) is 14.8. The van der Waals surface area contributed by atoms with Gasteiger partial charge in [0.05, 0.1) is 23.7 Å². The van der Waals surface area contributed by atoms with E-state index in [-0.39, 0.29) is 11.9 Å². The molecular weight excluding hydrogens is 630 g/mol. The Labute approximate surface area is 277 Å². The average Bonchev–Trinajstić information content (AvgIpc) is 3.88. The number of rotatable bonds is 3. The first-order valence-corrected chi connectivity index (χ1v) is 17.0. The standard InChI is InChI=1S/C34H45NO13/c1-10-17-20(32(7)33(8,42)29(41)48-34(32)27(10)47-34)24(43-11(2)36)18-16-19(25(44-12(3)37)28(31(17,18)6)45-13(4)38)30(5)14(21(35)22(16)39)9-15-23(46-15)26(30)40/h10,14-21,23-28,40,42H,9,35H2,1-8H3/t10-,14+,15-,16?,17-,18+,19?,20-,21-,23-,24+,25-,26-,27+,28-,30-,31+,32-,33+,34-/m0/s1. The van der Waals surface area contributed by atoms with Crippen LogP contribution >= 0.6 is 0 Å². The monoisotopic (exact) mass is 675 g/mol. The summed E-state index contributed by atoms with van der Waals surface area (Å²) in [6.07, 6.45) is -5.73. The molecule has 3 heterocycles. The zero-order chi connectivity index (χ0) is 35.0. The number of esters is 4. The van der Waals surface area contributed by atoms with Gasteiger partial charge in [-0.2, -0.15) is 0 Å². The Morgan fingerprint density at radius 1 is 0.875 bits per heavy atom. The van der Waals surface area contributed by atoms with Crippen LogP contribution in [0.5, 0.6) is 0 Å². The number of carbonyl (C=O) groups is 5. The van der Waals surface area contributed by atoms with Gasteiger partial charge in [0.25, 0.3) is 0 Å². The summed E-state index contributed by atoms with van der Waals surface area (Å²) in [5.41, 5.74) is 0.780. The van der Waals surface area contributed by atoms with Crippen molar-refractivity contribution in [3.63, 3.8) is 0 Å². The molecule has 4 N–H and O–H groups in total. The van der Waals surface area contributed by atoms with Crippen molar-refractivity contribution in [1.82, 2.24) is 0 Å². The smallest absolute Gasteiger partial charge is 0.341 e. The van der Waals surface area contributed by atoms with Crippen LogP contribution in [-0.2, 0) is 52.4 Å². The van der Waals surface area contributed by atoms with E-state index in [9.17, 15) is 34.2 Å². The second-order valence-corrected chi connectivity index (χ2v) is 16.6. The van der Waals surface area contributed by atoms with Crippen LogP contribution in [0.3, 0.4) is 0 Å². The van der Waals surface area contributed by atoms with E-state index in [1.807, 2.05) is 20.8 Å². The number of ether oxygens (including phenoxy) is 6. The number of fused-ring (bicyclic) bond motifs is 9. The molecule has 8 rings (SSSR count). The minimum absolute atomic E-state index is 0.271. The molecule has 0 aromatic rings. The van der Waals surface area contributed by atoms with E-state index in [0.29, 0.717) is 6.42 Å². The number of hydrogen-bond donors (Lipinski definition) is 3. The van der Waals surface area contributed by atoms with Gasteiger partial charge in [0.1, 0.15) is 30.5 Å². The largest absolute Gasteiger partial charge is 0.462 e. The Hall–Kier alpha value is -2.65. The van der Waals surface area contributed by atoms with Crippen molar-refractivity contribution >= 4 is 29.7 Å². The number of Topliss-reactive ketones (excluding diaryl/α,β-unsaturated/α-hetero) is 1. The molecule has 14 heteroatoms. The van der Waals surface area contributed by atoms with Crippen molar-refractivity contribution in [2.24, 2.45) is 63.4 Å². The van der Waals surface area contributed by atoms with Gasteiger partial charge in [0.15, 0.2) is 11.4 Å². The molecule has 1 spiro atoms. The fourth-order valence-corrected chi connectivity index (χ4v) is 12.9. The first-order valence-electron chi connectivity index (χ1n) is 17.0. The van der Waals surface area contributed by atoms with Gasteiger partial charge in [0, 0.05) is 55.3 Å². The fourth-order valence-electron chi connectivity index (χ4n) is 12.9. The second-order valence-electron chi connectivity index (χ2n) is 16.6. The molecule has 3 aliphatic heterocycles. The van der Waals surface area contributed by atoms with Gasteiger partial charge in [-0.15, -0.1) is 0 Å². The van der Waals surface area contributed by atoms with Crippen molar-refractivity contribution in [3.05, 3.63) is 0 Å². The topological polar surface area (TPSA) is 214 Å². The summed E-state index contributed by atoms with van der Waals surface area (Å²) in [5, 5.41) is 24.0. The number of nitrogens with two attached hydrogens (primary N) is 1. The molecule has 8 aliphatic rings. The Morgan fingerprint density at radius 2 is 1.46 bits per heavy atom. The third kappa shape index (κ3) is 3.39. The maximum absolute atomic E-state index is 14.9. The lowest BCUT2D eigenvalue weighted by molar-refractivity contribution is -0.259. The summed E-state index contributed by atoms with van der Waals surface area (Å²) in [7, 11) is 0. The molecule has 48 heavy (non-hydrogen) atoms. The molecule has 0 bridgehead atoms. The van der Waals surface area contributed by atoms with E-state index < -0.39 is 136 Å². The number of ketones is 1. The van der Waals surface area contributed by atoms with Gasteiger partial charge in [-0.3, -0.25) is 19.2 Å². The minimum atomic E-state index is -2.11. The van der Waals surface area contributed by atoms with Crippen LogP contribution in [0.15, 0.2) is 0 Å². The predicted molar refractivity (Wildman–Crippen MR) is 158 cm³/mol. The Balaban J connectivity index is 1.42. The maximum atomic E-state index is 14.9. The number of aliphatic hydroxyl groups is 2. The van der Waals surface area contributed by atoms with E-state index in [4.69, 9.17) is 34.2 Å². The third-order valence-electron chi connectivity index (χ3n) is 14.8. The van der Waals surface area contributed by atoms with Crippen molar-refractivity contribution in [3.8, 4) is 0 Å².